The molecule has 1 amide bonds. The molecule has 0 atom stereocenters. The summed E-state index contributed by atoms with van der Waals surface area (Å²) >= 11 is 0. The van der Waals surface area contributed by atoms with E-state index in [0.29, 0.717) is 45.3 Å². The molecule has 0 aliphatic carbocycles. The van der Waals surface area contributed by atoms with Crippen molar-refractivity contribution in [2.75, 3.05) is 32.8 Å². The lowest BCUT2D eigenvalue weighted by Gasteiger charge is -2.31. The zero-order valence-electron chi connectivity index (χ0n) is 11.8. The molecule has 110 valence electrons. The molecule has 6 nitrogen and oxygen atoms in total. The topological polar surface area (TPSA) is 67.9 Å². The van der Waals surface area contributed by atoms with E-state index in [9.17, 15) is 9.59 Å². The molecule has 0 spiro atoms. The van der Waals surface area contributed by atoms with E-state index in [1.807, 2.05) is 6.92 Å². The Morgan fingerprint density at radius 1 is 1.16 bits per heavy atom. The predicted molar refractivity (Wildman–Crippen MR) is 70.9 cm³/mol. The Kier molecular flexibility index (Phi) is 7.25. The highest BCUT2D eigenvalue weighted by molar-refractivity contribution is 5.69. The first-order valence-corrected chi connectivity index (χ1v) is 6.98. The minimum Gasteiger partial charge on any atom is -0.466 e. The van der Waals surface area contributed by atoms with Crippen molar-refractivity contribution in [3.8, 4) is 0 Å². The van der Waals surface area contributed by atoms with Gasteiger partial charge in [-0.15, -0.1) is 0 Å². The molecule has 0 bridgehead atoms. The van der Waals surface area contributed by atoms with Crippen molar-refractivity contribution in [2.45, 2.75) is 39.2 Å². The number of ether oxygens (including phenoxy) is 2. The summed E-state index contributed by atoms with van der Waals surface area (Å²) in [5.74, 6) is -0.168. The molecule has 19 heavy (non-hydrogen) atoms. The summed E-state index contributed by atoms with van der Waals surface area (Å²) in [7, 11) is 0. The average Bonchev–Trinajstić information content (AvgIpc) is 2.40. The number of carbonyl (C=O) groups excluding carboxylic acids is 2. The van der Waals surface area contributed by atoms with E-state index in [4.69, 9.17) is 9.47 Å². The molecule has 1 N–H and O–H groups in total. The smallest absolute Gasteiger partial charge is 0.409 e. The van der Waals surface area contributed by atoms with Gasteiger partial charge in [-0.1, -0.05) is 0 Å². The van der Waals surface area contributed by atoms with Crippen LogP contribution in [0.5, 0.6) is 0 Å². The maximum atomic E-state index is 11.5. The molecule has 1 rings (SSSR count). The molecule has 0 aromatic rings. The van der Waals surface area contributed by atoms with Crippen LogP contribution in [0.3, 0.4) is 0 Å². The maximum Gasteiger partial charge on any atom is 0.409 e. The van der Waals surface area contributed by atoms with Gasteiger partial charge in [0.05, 0.1) is 19.6 Å². The van der Waals surface area contributed by atoms with Gasteiger partial charge in [-0.25, -0.2) is 4.79 Å². The standard InChI is InChI=1S/C13H24N2O4/c1-3-18-12(16)5-8-14-11-6-9-15(10-7-11)13(17)19-4-2/h11,14H,3-10H2,1-2H3. The molecule has 1 aliphatic rings. The van der Waals surface area contributed by atoms with E-state index in [0.717, 1.165) is 12.8 Å². The highest BCUT2D eigenvalue weighted by Crippen LogP contribution is 2.11. The van der Waals surface area contributed by atoms with Gasteiger partial charge in [0, 0.05) is 25.7 Å². The quantitative estimate of drug-likeness (QED) is 0.735. The fourth-order valence-electron chi connectivity index (χ4n) is 2.09. The Balaban J connectivity index is 2.13. The van der Waals surface area contributed by atoms with Crippen molar-refractivity contribution in [1.29, 1.82) is 0 Å². The fourth-order valence-corrected chi connectivity index (χ4v) is 2.09. The number of rotatable bonds is 6. The highest BCUT2D eigenvalue weighted by Gasteiger charge is 2.23. The number of likely N-dealkylation sites (tertiary alicyclic amines) is 1. The number of nitrogens with one attached hydrogen (secondary N) is 1. The Morgan fingerprint density at radius 3 is 2.37 bits per heavy atom. The second-order valence-electron chi connectivity index (χ2n) is 4.47. The predicted octanol–water partition coefficient (Wildman–Crippen LogP) is 1.15. The molecular formula is C13H24N2O4. The van der Waals surface area contributed by atoms with Crippen molar-refractivity contribution >= 4 is 12.1 Å². The lowest BCUT2D eigenvalue weighted by atomic mass is 10.1. The Bertz CT molecular complexity index is 286. The maximum absolute atomic E-state index is 11.5. The van der Waals surface area contributed by atoms with Gasteiger partial charge >= 0.3 is 12.1 Å². The van der Waals surface area contributed by atoms with Gasteiger partial charge in [0.25, 0.3) is 0 Å². The van der Waals surface area contributed by atoms with E-state index in [1.54, 1.807) is 11.8 Å². The minimum atomic E-state index is -0.229. The van der Waals surface area contributed by atoms with Crippen molar-refractivity contribution in [3.05, 3.63) is 0 Å². The van der Waals surface area contributed by atoms with Crippen molar-refractivity contribution in [1.82, 2.24) is 10.2 Å². The number of hydrogen-bond donors (Lipinski definition) is 1. The summed E-state index contributed by atoms with van der Waals surface area (Å²) in [6.07, 6.45) is 1.95. The summed E-state index contributed by atoms with van der Waals surface area (Å²) < 4.78 is 9.82. The van der Waals surface area contributed by atoms with Crippen LogP contribution >= 0.6 is 0 Å². The summed E-state index contributed by atoms with van der Waals surface area (Å²) in [6, 6.07) is 0.361. The summed E-state index contributed by atoms with van der Waals surface area (Å²) in [6.45, 7) is 6.49. The molecule has 0 radical (unpaired) electrons. The third-order valence-electron chi connectivity index (χ3n) is 3.09. The molecule has 1 fully saturated rings. The number of carbonyl (C=O) groups is 2. The number of esters is 1. The van der Waals surface area contributed by atoms with Crippen molar-refractivity contribution in [3.63, 3.8) is 0 Å². The van der Waals surface area contributed by atoms with E-state index < -0.39 is 0 Å². The van der Waals surface area contributed by atoms with Gasteiger partial charge in [0.1, 0.15) is 0 Å². The number of nitrogens with zero attached hydrogens (tertiary/aromatic N) is 1. The Labute approximate surface area is 114 Å². The van der Waals surface area contributed by atoms with Crippen LogP contribution in [-0.2, 0) is 14.3 Å². The van der Waals surface area contributed by atoms with Crippen LogP contribution in [0.2, 0.25) is 0 Å². The molecule has 1 aliphatic heterocycles. The van der Waals surface area contributed by atoms with Crippen LogP contribution in [0.4, 0.5) is 4.79 Å². The van der Waals surface area contributed by atoms with Crippen LogP contribution in [0, 0.1) is 0 Å². The summed E-state index contributed by atoms with van der Waals surface area (Å²) in [5, 5.41) is 3.32. The first-order valence-electron chi connectivity index (χ1n) is 6.98. The second kappa shape index (κ2) is 8.74. The molecule has 1 heterocycles. The minimum absolute atomic E-state index is 0.168. The van der Waals surface area contributed by atoms with E-state index in [2.05, 4.69) is 5.32 Å². The third kappa shape index (κ3) is 5.92. The number of amides is 1. The van der Waals surface area contributed by atoms with E-state index in [1.165, 1.54) is 0 Å². The largest absolute Gasteiger partial charge is 0.466 e. The molecule has 0 aromatic carbocycles. The van der Waals surface area contributed by atoms with Gasteiger partial charge < -0.3 is 19.7 Å². The highest BCUT2D eigenvalue weighted by atomic mass is 16.6. The van der Waals surface area contributed by atoms with Crippen LogP contribution in [0.1, 0.15) is 33.1 Å². The lowest BCUT2D eigenvalue weighted by molar-refractivity contribution is -0.143. The second-order valence-corrected chi connectivity index (χ2v) is 4.47. The van der Waals surface area contributed by atoms with Gasteiger partial charge in [-0.2, -0.15) is 0 Å². The number of piperidine rings is 1. The first-order chi connectivity index (χ1) is 9.17. The van der Waals surface area contributed by atoms with Crippen molar-refractivity contribution < 1.29 is 19.1 Å². The first kappa shape index (κ1) is 15.8. The van der Waals surface area contributed by atoms with Gasteiger partial charge in [0.15, 0.2) is 0 Å². The molecule has 1 saturated heterocycles. The van der Waals surface area contributed by atoms with Gasteiger partial charge in [-0.05, 0) is 26.7 Å². The monoisotopic (exact) mass is 272 g/mol. The van der Waals surface area contributed by atoms with Gasteiger partial charge in [-0.3, -0.25) is 4.79 Å². The zero-order valence-corrected chi connectivity index (χ0v) is 11.8. The molecule has 0 aromatic heterocycles. The van der Waals surface area contributed by atoms with Crippen LogP contribution in [0.25, 0.3) is 0 Å². The SMILES string of the molecule is CCOC(=O)CCNC1CCN(C(=O)OCC)CC1. The van der Waals surface area contributed by atoms with Crippen LogP contribution in [0.15, 0.2) is 0 Å². The average molecular weight is 272 g/mol. The zero-order chi connectivity index (χ0) is 14.1. The Hall–Kier alpha value is -1.30. The van der Waals surface area contributed by atoms with Crippen LogP contribution in [-0.4, -0.2) is 55.9 Å². The fraction of sp³-hybridized carbons (Fsp3) is 0.846. The molecular weight excluding hydrogens is 248 g/mol. The number of hydrogen-bond acceptors (Lipinski definition) is 5. The Morgan fingerprint density at radius 2 is 1.79 bits per heavy atom. The molecule has 6 heteroatoms. The van der Waals surface area contributed by atoms with Crippen LogP contribution < -0.4 is 5.32 Å². The lowest BCUT2D eigenvalue weighted by Crippen LogP contribution is -2.45. The molecule has 0 saturated carbocycles. The van der Waals surface area contributed by atoms with E-state index in [-0.39, 0.29) is 12.1 Å². The van der Waals surface area contributed by atoms with Gasteiger partial charge in [0.2, 0.25) is 0 Å². The van der Waals surface area contributed by atoms with Crippen molar-refractivity contribution in [2.24, 2.45) is 0 Å². The normalized spacial score (nSPS) is 16.2. The third-order valence-corrected chi connectivity index (χ3v) is 3.09. The summed E-state index contributed by atoms with van der Waals surface area (Å²) in [4.78, 5) is 24.4. The van der Waals surface area contributed by atoms with E-state index >= 15 is 0 Å². The molecule has 0 unspecified atom stereocenters. The summed E-state index contributed by atoms with van der Waals surface area (Å²) in [5.41, 5.74) is 0.